The zero-order valence-electron chi connectivity index (χ0n) is 26.8. The highest BCUT2D eigenvalue weighted by Gasteiger charge is 2.72. The molecule has 4 amide bonds. The van der Waals surface area contributed by atoms with Crippen molar-refractivity contribution in [2.24, 2.45) is 17.3 Å². The van der Waals surface area contributed by atoms with Gasteiger partial charge in [0.15, 0.2) is 0 Å². The molecule has 3 aromatic heterocycles. The lowest BCUT2D eigenvalue weighted by molar-refractivity contribution is -0.144. The number of carbonyl (C=O) groups is 4. The smallest absolute Gasteiger partial charge is 0.433 e. The maximum absolute atomic E-state index is 14.0. The molecule has 7 rings (SSSR count). The maximum atomic E-state index is 14.0. The number of hydrogen-bond donors (Lipinski definition) is 1. The Bertz CT molecular complexity index is 1990. The van der Waals surface area contributed by atoms with Gasteiger partial charge in [-0.15, -0.1) is 11.3 Å². The topological polar surface area (TPSA) is 122 Å². The Labute approximate surface area is 283 Å². The van der Waals surface area contributed by atoms with Crippen LogP contribution in [0.25, 0.3) is 21.5 Å². The Morgan fingerprint density at radius 2 is 1.80 bits per heavy atom. The number of carbonyl (C=O) groups excluding carboxylic acids is 4. The van der Waals surface area contributed by atoms with Gasteiger partial charge in [0.2, 0.25) is 11.8 Å². The number of hydrogen-bond acceptors (Lipinski definition) is 8. The Morgan fingerprint density at radius 1 is 1.08 bits per heavy atom. The second-order valence-electron chi connectivity index (χ2n) is 13.3. The van der Waals surface area contributed by atoms with Gasteiger partial charge in [-0.25, -0.2) is 9.78 Å². The summed E-state index contributed by atoms with van der Waals surface area (Å²) >= 11 is 1.18. The lowest BCUT2D eigenvalue weighted by atomic mass is 9.99. The van der Waals surface area contributed by atoms with Crippen molar-refractivity contribution >= 4 is 45.4 Å². The van der Waals surface area contributed by atoms with Gasteiger partial charge in [-0.2, -0.15) is 13.2 Å². The molecule has 3 aliphatic rings. The summed E-state index contributed by atoms with van der Waals surface area (Å²) in [6, 6.07) is 12.8. The van der Waals surface area contributed by atoms with Crippen molar-refractivity contribution in [3.63, 3.8) is 0 Å². The van der Waals surface area contributed by atoms with E-state index in [1.807, 2.05) is 44.2 Å². The first-order valence-corrected chi connectivity index (χ1v) is 16.6. The molecule has 14 heteroatoms. The van der Waals surface area contributed by atoms with E-state index in [1.165, 1.54) is 40.3 Å². The lowest BCUT2D eigenvalue weighted by Crippen LogP contribution is -2.39. The number of likely N-dealkylation sites (tertiary alicyclic amines) is 2. The van der Waals surface area contributed by atoms with E-state index in [0.717, 1.165) is 11.6 Å². The molecular formula is C35H32F3N5O5S. The van der Waals surface area contributed by atoms with Crippen molar-refractivity contribution in [3.05, 3.63) is 82.0 Å². The summed E-state index contributed by atoms with van der Waals surface area (Å²) in [4.78, 5) is 64.1. The van der Waals surface area contributed by atoms with Crippen LogP contribution in [0.15, 0.2) is 54.7 Å². The summed E-state index contributed by atoms with van der Waals surface area (Å²) in [5.41, 5.74) is -0.102. The normalized spacial score (nSPS) is 21.3. The number of aromatic nitrogens is 2. The number of halogens is 3. The largest absolute Gasteiger partial charge is 0.445 e. The van der Waals surface area contributed by atoms with E-state index in [2.05, 4.69) is 15.3 Å². The second-order valence-corrected chi connectivity index (χ2v) is 14.5. The molecule has 2 unspecified atom stereocenters. The van der Waals surface area contributed by atoms with E-state index in [9.17, 15) is 32.3 Å². The number of thiophene rings is 1. The summed E-state index contributed by atoms with van der Waals surface area (Å²) in [6.45, 7) is 5.84. The molecule has 1 N–H and O–H groups in total. The van der Waals surface area contributed by atoms with Crippen LogP contribution in [0, 0.1) is 24.2 Å². The van der Waals surface area contributed by atoms with E-state index >= 15 is 0 Å². The minimum absolute atomic E-state index is 0.0234. The van der Waals surface area contributed by atoms with Crippen LogP contribution in [-0.4, -0.2) is 62.7 Å². The molecule has 10 nitrogen and oxygen atoms in total. The molecule has 5 heterocycles. The monoisotopic (exact) mass is 691 g/mol. The Kier molecular flexibility index (Phi) is 7.96. The van der Waals surface area contributed by atoms with Crippen molar-refractivity contribution < 1.29 is 37.1 Å². The SMILES string of the molecule is Cc1cc(C(F)(F)F)nc(-c2ccnc3cc(CN4C(=O)C5C(C4=O)C5(C)C)sc23)c1C(=O)N[C@H]1CCN(C(=O)OCc2ccccc2)C1. The molecular weight excluding hydrogens is 659 g/mol. The number of rotatable bonds is 7. The third-order valence-corrected chi connectivity index (χ3v) is 10.8. The van der Waals surface area contributed by atoms with Gasteiger partial charge in [0.25, 0.3) is 5.91 Å². The van der Waals surface area contributed by atoms with Crippen molar-refractivity contribution in [1.82, 2.24) is 25.1 Å². The predicted molar refractivity (Wildman–Crippen MR) is 173 cm³/mol. The van der Waals surface area contributed by atoms with Gasteiger partial charge < -0.3 is 15.0 Å². The molecule has 2 saturated heterocycles. The molecule has 2 aliphatic heterocycles. The highest BCUT2D eigenvalue weighted by atomic mass is 32.1. The van der Waals surface area contributed by atoms with Crippen LogP contribution < -0.4 is 5.32 Å². The fourth-order valence-electron chi connectivity index (χ4n) is 6.98. The van der Waals surface area contributed by atoms with Gasteiger partial charge in [-0.1, -0.05) is 44.2 Å². The Balaban J connectivity index is 1.14. The molecule has 3 atom stereocenters. The molecule has 49 heavy (non-hydrogen) atoms. The number of ether oxygens (including phenoxy) is 1. The average molecular weight is 692 g/mol. The number of amides is 4. The number of aryl methyl sites for hydroxylation is 1. The first-order chi connectivity index (χ1) is 23.2. The van der Waals surface area contributed by atoms with Gasteiger partial charge in [-0.05, 0) is 48.1 Å². The number of pyridine rings is 2. The van der Waals surface area contributed by atoms with Crippen LogP contribution in [0.5, 0.6) is 0 Å². The summed E-state index contributed by atoms with van der Waals surface area (Å²) in [6.07, 6.45) is -3.46. The molecule has 0 spiro atoms. The van der Waals surface area contributed by atoms with Gasteiger partial charge >= 0.3 is 12.3 Å². The number of nitrogens with one attached hydrogen (secondary N) is 1. The fourth-order valence-corrected chi connectivity index (χ4v) is 8.10. The molecule has 1 aliphatic carbocycles. The molecule has 0 radical (unpaired) electrons. The second kappa shape index (κ2) is 11.9. The van der Waals surface area contributed by atoms with Crippen LogP contribution >= 0.6 is 11.3 Å². The van der Waals surface area contributed by atoms with Gasteiger partial charge in [0.1, 0.15) is 12.3 Å². The van der Waals surface area contributed by atoms with Gasteiger partial charge in [0, 0.05) is 35.8 Å². The van der Waals surface area contributed by atoms with Crippen molar-refractivity contribution in [3.8, 4) is 11.3 Å². The van der Waals surface area contributed by atoms with Crippen LogP contribution in [0.1, 0.15) is 52.3 Å². The average Bonchev–Trinajstić information content (AvgIpc) is 3.46. The summed E-state index contributed by atoms with van der Waals surface area (Å²) in [5, 5.41) is 2.89. The number of piperidine rings is 1. The van der Waals surface area contributed by atoms with Crippen LogP contribution in [0.2, 0.25) is 0 Å². The van der Waals surface area contributed by atoms with Crippen LogP contribution in [0.3, 0.4) is 0 Å². The first-order valence-electron chi connectivity index (χ1n) is 15.8. The molecule has 1 aromatic carbocycles. The Morgan fingerprint density at radius 3 is 2.49 bits per heavy atom. The molecule has 3 fully saturated rings. The number of nitrogens with zero attached hydrogens (tertiary/aromatic N) is 4. The standard InChI is InChI=1S/C35H32F3N5O5S/c1-18-13-24(35(36,37)38)41-28(25(18)30(44)40-20-10-12-42(15-20)33(47)48-17-19-7-5-4-6-8-19)22-9-11-39-23-14-21(49-29(22)23)16-43-31(45)26-27(32(43)46)34(26,2)3/h4-9,11,13-14,20,26-27H,10,12,15-17H2,1-3H3,(H,40,44)/t20-,26?,27?/m0/s1. The minimum atomic E-state index is -4.78. The van der Waals surface area contributed by atoms with Gasteiger partial charge in [0.05, 0.1) is 39.9 Å². The molecule has 1 saturated carbocycles. The molecule has 4 aromatic rings. The third-order valence-electron chi connectivity index (χ3n) is 9.64. The zero-order valence-corrected chi connectivity index (χ0v) is 27.7. The highest BCUT2D eigenvalue weighted by Crippen LogP contribution is 2.63. The molecule has 254 valence electrons. The Hall–Kier alpha value is -4.85. The van der Waals surface area contributed by atoms with E-state index in [4.69, 9.17) is 4.74 Å². The number of fused-ring (bicyclic) bond motifs is 2. The minimum Gasteiger partial charge on any atom is -0.445 e. The maximum Gasteiger partial charge on any atom is 0.433 e. The van der Waals surface area contributed by atoms with Gasteiger partial charge in [-0.3, -0.25) is 24.3 Å². The van der Waals surface area contributed by atoms with E-state index in [-0.39, 0.29) is 71.1 Å². The first kappa shape index (κ1) is 32.7. The van der Waals surface area contributed by atoms with Crippen LogP contribution in [-0.2, 0) is 33.7 Å². The summed E-state index contributed by atoms with van der Waals surface area (Å²) < 4.78 is 48.0. The van der Waals surface area contributed by atoms with E-state index < -0.39 is 29.9 Å². The van der Waals surface area contributed by atoms with Crippen molar-refractivity contribution in [1.29, 1.82) is 0 Å². The van der Waals surface area contributed by atoms with E-state index in [1.54, 1.807) is 6.07 Å². The third kappa shape index (κ3) is 5.91. The number of imide groups is 1. The number of alkyl halides is 3. The lowest BCUT2D eigenvalue weighted by Gasteiger charge is -2.19. The van der Waals surface area contributed by atoms with Crippen molar-refractivity contribution in [2.75, 3.05) is 13.1 Å². The molecule has 0 bridgehead atoms. The van der Waals surface area contributed by atoms with E-state index in [0.29, 0.717) is 28.1 Å². The zero-order chi connectivity index (χ0) is 34.8. The summed E-state index contributed by atoms with van der Waals surface area (Å²) in [7, 11) is 0. The predicted octanol–water partition coefficient (Wildman–Crippen LogP) is 5.97. The highest BCUT2D eigenvalue weighted by molar-refractivity contribution is 7.19. The quantitative estimate of drug-likeness (QED) is 0.237. The fraction of sp³-hybridized carbons (Fsp3) is 0.371. The number of benzene rings is 1. The summed E-state index contributed by atoms with van der Waals surface area (Å²) in [5.74, 6) is -1.76. The van der Waals surface area contributed by atoms with Crippen LogP contribution in [0.4, 0.5) is 18.0 Å². The van der Waals surface area contributed by atoms with Crippen molar-refractivity contribution in [2.45, 2.75) is 52.6 Å².